The molecule has 5 nitrogen and oxygen atoms in total. The quantitative estimate of drug-likeness (QED) is 0.626. The first-order valence-electron chi connectivity index (χ1n) is 9.17. The minimum absolute atomic E-state index is 0.119. The molecule has 2 aromatic carbocycles. The number of hydrogen-bond acceptors (Lipinski definition) is 4. The molecular formula is C22H25NO4. The molecule has 0 unspecified atom stereocenters. The Bertz CT molecular complexity index is 941. The van der Waals surface area contributed by atoms with Gasteiger partial charge < -0.3 is 19.1 Å². The van der Waals surface area contributed by atoms with E-state index in [1.165, 1.54) is 12.7 Å². The fourth-order valence-electron chi connectivity index (χ4n) is 3.41. The van der Waals surface area contributed by atoms with E-state index in [-0.39, 0.29) is 5.75 Å². The van der Waals surface area contributed by atoms with Crippen molar-refractivity contribution in [1.29, 1.82) is 0 Å². The molecule has 27 heavy (non-hydrogen) atoms. The van der Waals surface area contributed by atoms with E-state index in [0.29, 0.717) is 24.1 Å². The molecule has 0 fully saturated rings. The molecule has 1 heterocycles. The van der Waals surface area contributed by atoms with Crippen molar-refractivity contribution in [2.24, 2.45) is 0 Å². The second kappa shape index (κ2) is 8.16. The summed E-state index contributed by atoms with van der Waals surface area (Å²) in [7, 11) is 1.36. The number of carbonyl (C=O) groups is 1. The third-order valence-electron chi connectivity index (χ3n) is 4.74. The predicted molar refractivity (Wildman–Crippen MR) is 106 cm³/mol. The van der Waals surface area contributed by atoms with Crippen LogP contribution in [-0.4, -0.2) is 29.4 Å². The average Bonchev–Trinajstić information content (AvgIpc) is 2.94. The van der Waals surface area contributed by atoms with Gasteiger partial charge in [-0.25, -0.2) is 4.79 Å². The van der Waals surface area contributed by atoms with Crippen molar-refractivity contribution in [1.82, 2.24) is 4.57 Å². The van der Waals surface area contributed by atoms with Gasteiger partial charge in [-0.15, -0.1) is 0 Å². The first-order chi connectivity index (χ1) is 13.0. The van der Waals surface area contributed by atoms with Gasteiger partial charge in [0.25, 0.3) is 0 Å². The lowest BCUT2D eigenvalue weighted by atomic mass is 10.1. The van der Waals surface area contributed by atoms with Crippen molar-refractivity contribution >= 4 is 16.9 Å². The highest BCUT2D eigenvalue weighted by Gasteiger charge is 2.20. The first-order valence-corrected chi connectivity index (χ1v) is 9.17. The third-order valence-corrected chi connectivity index (χ3v) is 4.74. The smallest absolute Gasteiger partial charge is 0.340 e. The largest absolute Gasteiger partial charge is 0.508 e. The normalized spacial score (nSPS) is 10.9. The predicted octanol–water partition coefficient (Wildman–Crippen LogP) is 4.47. The number of methoxy groups -OCH3 is 1. The Balaban J connectivity index is 1.80. The van der Waals surface area contributed by atoms with Crippen LogP contribution < -0.4 is 4.74 Å². The summed E-state index contributed by atoms with van der Waals surface area (Å²) < 4.78 is 12.8. The monoisotopic (exact) mass is 367 g/mol. The van der Waals surface area contributed by atoms with Crippen LogP contribution >= 0.6 is 0 Å². The number of fused-ring (bicyclic) bond motifs is 1. The number of esters is 1. The Morgan fingerprint density at radius 3 is 2.56 bits per heavy atom. The summed E-state index contributed by atoms with van der Waals surface area (Å²) in [5, 5.41) is 10.5. The number of aromatic nitrogens is 1. The molecule has 0 aliphatic rings. The number of rotatable bonds is 7. The van der Waals surface area contributed by atoms with Gasteiger partial charge in [0.15, 0.2) is 0 Å². The van der Waals surface area contributed by atoms with Gasteiger partial charge in [0.2, 0.25) is 0 Å². The molecule has 5 heteroatoms. The van der Waals surface area contributed by atoms with Gasteiger partial charge in [-0.3, -0.25) is 0 Å². The lowest BCUT2D eigenvalue weighted by Gasteiger charge is -2.11. The molecule has 0 aliphatic carbocycles. The van der Waals surface area contributed by atoms with Crippen LogP contribution in [0.5, 0.6) is 11.5 Å². The van der Waals surface area contributed by atoms with E-state index in [1.54, 1.807) is 12.1 Å². The number of carbonyl (C=O) groups excluding carboxylic acids is 1. The van der Waals surface area contributed by atoms with E-state index in [2.05, 4.69) is 19.1 Å². The second-order valence-corrected chi connectivity index (χ2v) is 6.55. The highest BCUT2D eigenvalue weighted by Crippen LogP contribution is 2.29. The second-order valence-electron chi connectivity index (χ2n) is 6.55. The summed E-state index contributed by atoms with van der Waals surface area (Å²) in [5.74, 6) is 0.539. The zero-order chi connectivity index (χ0) is 19.4. The molecule has 0 saturated heterocycles. The van der Waals surface area contributed by atoms with E-state index in [0.717, 1.165) is 29.8 Å². The molecular weight excluding hydrogens is 342 g/mol. The molecule has 142 valence electrons. The Hall–Kier alpha value is -2.95. The van der Waals surface area contributed by atoms with E-state index in [1.807, 2.05) is 29.7 Å². The van der Waals surface area contributed by atoms with Crippen LogP contribution in [-0.2, 0) is 17.7 Å². The Labute approximate surface area is 159 Å². The van der Waals surface area contributed by atoms with Gasteiger partial charge in [0, 0.05) is 16.6 Å². The Kier molecular flexibility index (Phi) is 5.69. The molecule has 3 rings (SSSR count). The summed E-state index contributed by atoms with van der Waals surface area (Å²) in [4.78, 5) is 12.2. The number of benzene rings is 2. The van der Waals surface area contributed by atoms with Crippen LogP contribution in [0.1, 0.15) is 35.0 Å². The molecule has 0 bridgehead atoms. The first kappa shape index (κ1) is 18.8. The van der Waals surface area contributed by atoms with Crippen molar-refractivity contribution in [3.8, 4) is 11.5 Å². The van der Waals surface area contributed by atoms with Gasteiger partial charge in [-0.1, -0.05) is 25.5 Å². The fraction of sp³-hybridized carbons (Fsp3) is 0.318. The highest BCUT2D eigenvalue weighted by molar-refractivity contribution is 6.06. The van der Waals surface area contributed by atoms with Crippen molar-refractivity contribution in [3.63, 3.8) is 0 Å². The van der Waals surface area contributed by atoms with Crippen LogP contribution in [0.25, 0.3) is 10.9 Å². The topological polar surface area (TPSA) is 60.7 Å². The van der Waals surface area contributed by atoms with Gasteiger partial charge in [0.1, 0.15) is 18.1 Å². The summed E-state index contributed by atoms with van der Waals surface area (Å²) in [5.41, 5.74) is 3.45. The van der Waals surface area contributed by atoms with Gasteiger partial charge in [-0.05, 0) is 49.2 Å². The van der Waals surface area contributed by atoms with Crippen molar-refractivity contribution < 1.29 is 19.4 Å². The summed E-state index contributed by atoms with van der Waals surface area (Å²) in [6, 6.07) is 13.2. The summed E-state index contributed by atoms with van der Waals surface area (Å²) in [6.45, 7) is 5.10. The number of phenols is 1. The third kappa shape index (κ3) is 3.92. The molecule has 3 aromatic rings. The Morgan fingerprint density at radius 1 is 1.15 bits per heavy atom. The van der Waals surface area contributed by atoms with Crippen LogP contribution in [0, 0.1) is 6.92 Å². The number of aryl methyl sites for hydroxylation is 1. The lowest BCUT2D eigenvalue weighted by molar-refractivity contribution is 0.0601. The molecule has 1 N–H and O–H groups in total. The zero-order valence-electron chi connectivity index (χ0n) is 16.0. The molecule has 0 amide bonds. The molecule has 0 aliphatic heterocycles. The van der Waals surface area contributed by atoms with Crippen molar-refractivity contribution in [3.05, 3.63) is 59.3 Å². The van der Waals surface area contributed by atoms with Gasteiger partial charge >= 0.3 is 5.97 Å². The molecule has 0 atom stereocenters. The van der Waals surface area contributed by atoms with Crippen molar-refractivity contribution in [2.45, 2.75) is 33.2 Å². The SMILES string of the molecule is CCCc1ccc(OCCn2c(C)c(C(=O)OC)c3cc(O)ccc32)cc1. The lowest BCUT2D eigenvalue weighted by Crippen LogP contribution is -2.11. The summed E-state index contributed by atoms with van der Waals surface area (Å²) >= 11 is 0. The van der Waals surface area contributed by atoms with Crippen LogP contribution in [0.15, 0.2) is 42.5 Å². The number of nitrogens with zero attached hydrogens (tertiary/aromatic N) is 1. The maximum Gasteiger partial charge on any atom is 0.340 e. The average molecular weight is 367 g/mol. The molecule has 0 spiro atoms. The van der Waals surface area contributed by atoms with Gasteiger partial charge in [-0.2, -0.15) is 0 Å². The van der Waals surface area contributed by atoms with E-state index in [4.69, 9.17) is 9.47 Å². The van der Waals surface area contributed by atoms with E-state index < -0.39 is 5.97 Å². The fourth-order valence-corrected chi connectivity index (χ4v) is 3.41. The number of hydrogen-bond donors (Lipinski definition) is 1. The van der Waals surface area contributed by atoms with Crippen LogP contribution in [0.3, 0.4) is 0 Å². The molecule has 0 radical (unpaired) electrons. The number of aromatic hydroxyl groups is 1. The zero-order valence-corrected chi connectivity index (χ0v) is 16.0. The standard InChI is InChI=1S/C22H25NO4/c1-4-5-16-6-9-18(10-7-16)27-13-12-23-15(2)21(22(25)26-3)19-14-17(24)8-11-20(19)23/h6-11,14,24H,4-5,12-13H2,1-3H3. The van der Waals surface area contributed by atoms with Gasteiger partial charge in [0.05, 0.1) is 19.2 Å². The highest BCUT2D eigenvalue weighted by atomic mass is 16.5. The molecule has 1 aromatic heterocycles. The number of ether oxygens (including phenoxy) is 2. The van der Waals surface area contributed by atoms with E-state index in [9.17, 15) is 9.90 Å². The maximum absolute atomic E-state index is 12.2. The Morgan fingerprint density at radius 2 is 1.89 bits per heavy atom. The number of phenolic OH excluding ortho intramolecular Hbond substituents is 1. The van der Waals surface area contributed by atoms with E-state index >= 15 is 0 Å². The minimum atomic E-state index is -0.408. The summed E-state index contributed by atoms with van der Waals surface area (Å²) in [6.07, 6.45) is 2.19. The molecule has 0 saturated carbocycles. The maximum atomic E-state index is 12.2. The van der Waals surface area contributed by atoms with Crippen molar-refractivity contribution in [2.75, 3.05) is 13.7 Å². The van der Waals surface area contributed by atoms with Crippen LogP contribution in [0.4, 0.5) is 0 Å². The minimum Gasteiger partial charge on any atom is -0.508 e. The van der Waals surface area contributed by atoms with Crippen LogP contribution in [0.2, 0.25) is 0 Å².